The number of rotatable bonds is 6. The lowest BCUT2D eigenvalue weighted by Crippen LogP contribution is -2.26. The Labute approximate surface area is 162 Å². The zero-order valence-electron chi connectivity index (χ0n) is 16.0. The summed E-state index contributed by atoms with van der Waals surface area (Å²) in [5.74, 6) is -0.371. The predicted molar refractivity (Wildman–Crippen MR) is 104 cm³/mol. The third-order valence-corrected chi connectivity index (χ3v) is 6.08. The van der Waals surface area contributed by atoms with Gasteiger partial charge in [0.25, 0.3) is 5.91 Å². The molecule has 0 saturated heterocycles. The number of aryl methyl sites for hydroxylation is 2. The Hall–Kier alpha value is -2.98. The largest absolute Gasteiger partial charge is 0.385 e. The van der Waals surface area contributed by atoms with Crippen molar-refractivity contribution in [1.82, 2.24) is 19.5 Å². The first kappa shape index (κ1) is 19.8. The van der Waals surface area contributed by atoms with Crippen LogP contribution in [0.5, 0.6) is 0 Å². The van der Waals surface area contributed by atoms with Gasteiger partial charge in [0, 0.05) is 19.8 Å². The van der Waals surface area contributed by atoms with Crippen molar-refractivity contribution in [2.45, 2.75) is 18.7 Å². The lowest BCUT2D eigenvalue weighted by atomic mass is 10.1. The van der Waals surface area contributed by atoms with Crippen LogP contribution in [0.25, 0.3) is 11.0 Å². The number of anilines is 1. The smallest absolute Gasteiger partial charge is 0.265 e. The molecule has 1 aromatic heterocycles. The zero-order valence-corrected chi connectivity index (χ0v) is 16.8. The molecule has 0 bridgehead atoms. The fraction of sp³-hybridized carbons (Fsp3) is 0.278. The van der Waals surface area contributed by atoms with Gasteiger partial charge in [-0.25, -0.2) is 12.7 Å². The van der Waals surface area contributed by atoms with Gasteiger partial charge in [0.2, 0.25) is 10.0 Å². The van der Waals surface area contributed by atoms with E-state index >= 15 is 0 Å². The van der Waals surface area contributed by atoms with Crippen molar-refractivity contribution in [2.75, 3.05) is 26.0 Å². The molecule has 0 spiro atoms. The molecule has 0 radical (unpaired) electrons. The molecule has 2 aromatic carbocycles. The number of aromatic nitrogens is 3. The van der Waals surface area contributed by atoms with E-state index in [9.17, 15) is 13.2 Å². The first-order valence-corrected chi connectivity index (χ1v) is 9.91. The van der Waals surface area contributed by atoms with Crippen molar-refractivity contribution in [1.29, 1.82) is 0 Å². The van der Waals surface area contributed by atoms with Crippen LogP contribution in [0, 0.1) is 13.8 Å². The van der Waals surface area contributed by atoms with Gasteiger partial charge in [-0.1, -0.05) is 10.9 Å². The average molecular weight is 403 g/mol. The lowest BCUT2D eigenvalue weighted by Gasteiger charge is -2.11. The Morgan fingerprint density at radius 1 is 1.14 bits per heavy atom. The van der Waals surface area contributed by atoms with Gasteiger partial charge in [0.05, 0.1) is 4.90 Å². The third-order valence-electron chi connectivity index (χ3n) is 4.27. The van der Waals surface area contributed by atoms with Crippen LogP contribution in [0.4, 0.5) is 5.69 Å². The first-order valence-electron chi connectivity index (χ1n) is 8.47. The van der Waals surface area contributed by atoms with E-state index in [1.165, 1.54) is 32.3 Å². The number of carbonyl (C=O) groups is 1. The summed E-state index contributed by atoms with van der Waals surface area (Å²) in [6.07, 6.45) is 0. The Morgan fingerprint density at radius 3 is 2.57 bits per heavy atom. The summed E-state index contributed by atoms with van der Waals surface area (Å²) in [4.78, 5) is 18.7. The minimum atomic E-state index is -3.61. The van der Waals surface area contributed by atoms with Crippen molar-refractivity contribution in [3.05, 3.63) is 47.5 Å². The fourth-order valence-electron chi connectivity index (χ4n) is 2.48. The predicted octanol–water partition coefficient (Wildman–Crippen LogP) is 1.37. The maximum absolute atomic E-state index is 12.3. The van der Waals surface area contributed by atoms with E-state index in [4.69, 9.17) is 4.84 Å². The normalized spacial score (nSPS) is 11.8. The van der Waals surface area contributed by atoms with Crippen LogP contribution in [-0.4, -0.2) is 54.5 Å². The summed E-state index contributed by atoms with van der Waals surface area (Å²) in [7, 11) is -0.719. The molecule has 3 rings (SSSR count). The molecule has 10 heteroatoms. The van der Waals surface area contributed by atoms with E-state index < -0.39 is 10.0 Å². The van der Waals surface area contributed by atoms with Crippen LogP contribution in [0.3, 0.4) is 0 Å². The van der Waals surface area contributed by atoms with Crippen molar-refractivity contribution in [3.63, 3.8) is 0 Å². The Morgan fingerprint density at radius 2 is 1.89 bits per heavy atom. The number of fused-ring (bicyclic) bond motifs is 1. The van der Waals surface area contributed by atoms with E-state index in [2.05, 4.69) is 15.6 Å². The van der Waals surface area contributed by atoms with Gasteiger partial charge in [0.15, 0.2) is 6.61 Å². The van der Waals surface area contributed by atoms with Crippen molar-refractivity contribution in [2.24, 2.45) is 0 Å². The first-order chi connectivity index (χ1) is 13.2. The molecule has 1 N–H and O–H groups in total. The Kier molecular flexibility index (Phi) is 5.34. The Bertz CT molecular complexity index is 1140. The van der Waals surface area contributed by atoms with Gasteiger partial charge < -0.3 is 10.2 Å². The van der Waals surface area contributed by atoms with Crippen molar-refractivity contribution in [3.8, 4) is 0 Å². The van der Waals surface area contributed by atoms with E-state index in [0.717, 1.165) is 20.3 Å². The van der Waals surface area contributed by atoms with Gasteiger partial charge >= 0.3 is 0 Å². The molecule has 0 saturated carbocycles. The molecule has 28 heavy (non-hydrogen) atoms. The van der Waals surface area contributed by atoms with Gasteiger partial charge in [-0.3, -0.25) is 4.79 Å². The van der Waals surface area contributed by atoms with Crippen LogP contribution >= 0.6 is 0 Å². The molecule has 9 nitrogen and oxygen atoms in total. The van der Waals surface area contributed by atoms with Crippen LogP contribution < -0.4 is 10.2 Å². The molecule has 0 aliphatic rings. The minimum absolute atomic E-state index is 0.0803. The van der Waals surface area contributed by atoms with E-state index in [0.29, 0.717) is 16.7 Å². The zero-order chi connectivity index (χ0) is 20.5. The monoisotopic (exact) mass is 403 g/mol. The number of sulfonamides is 1. The quantitative estimate of drug-likeness (QED) is 0.666. The van der Waals surface area contributed by atoms with Crippen LogP contribution in [0.15, 0.2) is 41.3 Å². The molecule has 148 valence electrons. The second kappa shape index (κ2) is 7.56. The SMILES string of the molecule is Cc1ccc(NC(=O)COn2nnc3ccc(S(=O)(=O)N(C)C)cc32)cc1C. The van der Waals surface area contributed by atoms with Crippen molar-refractivity contribution < 1.29 is 18.0 Å². The van der Waals surface area contributed by atoms with Crippen molar-refractivity contribution >= 4 is 32.7 Å². The highest BCUT2D eigenvalue weighted by atomic mass is 32.2. The topological polar surface area (TPSA) is 106 Å². The highest BCUT2D eigenvalue weighted by Gasteiger charge is 2.19. The maximum Gasteiger partial charge on any atom is 0.265 e. The average Bonchev–Trinajstić information content (AvgIpc) is 3.05. The number of hydrogen-bond donors (Lipinski definition) is 1. The van der Waals surface area contributed by atoms with E-state index in [1.54, 1.807) is 0 Å². The molecule has 1 amide bonds. The van der Waals surface area contributed by atoms with Gasteiger partial charge in [0.1, 0.15) is 11.0 Å². The molecule has 1 heterocycles. The Balaban J connectivity index is 1.75. The number of amides is 1. The number of nitrogens with zero attached hydrogens (tertiary/aromatic N) is 4. The van der Waals surface area contributed by atoms with Gasteiger partial charge in [-0.15, -0.1) is 5.10 Å². The number of nitrogens with one attached hydrogen (secondary N) is 1. The van der Waals surface area contributed by atoms with Crippen LogP contribution in [-0.2, 0) is 14.8 Å². The molecular weight excluding hydrogens is 382 g/mol. The highest BCUT2D eigenvalue weighted by molar-refractivity contribution is 7.89. The summed E-state index contributed by atoms with van der Waals surface area (Å²) < 4.78 is 25.7. The number of benzene rings is 2. The van der Waals surface area contributed by atoms with Gasteiger partial charge in [-0.05, 0) is 60.5 Å². The summed E-state index contributed by atoms with van der Waals surface area (Å²) in [5, 5.41) is 10.5. The summed E-state index contributed by atoms with van der Waals surface area (Å²) in [5.41, 5.74) is 3.66. The molecule has 0 aliphatic heterocycles. The minimum Gasteiger partial charge on any atom is -0.385 e. The van der Waals surface area contributed by atoms with Crippen LogP contribution in [0.1, 0.15) is 11.1 Å². The molecule has 3 aromatic rings. The fourth-order valence-corrected chi connectivity index (χ4v) is 3.40. The summed E-state index contributed by atoms with van der Waals surface area (Å²) in [6, 6.07) is 9.99. The number of hydrogen-bond acceptors (Lipinski definition) is 6. The molecule has 0 aliphatic carbocycles. The van der Waals surface area contributed by atoms with Crippen LogP contribution in [0.2, 0.25) is 0 Å². The maximum atomic E-state index is 12.3. The molecular formula is C18H21N5O4S. The molecule has 0 unspecified atom stereocenters. The molecule has 0 fully saturated rings. The summed E-state index contributed by atoms with van der Waals surface area (Å²) in [6.45, 7) is 3.64. The highest BCUT2D eigenvalue weighted by Crippen LogP contribution is 2.19. The second-order valence-corrected chi connectivity index (χ2v) is 8.67. The second-order valence-electron chi connectivity index (χ2n) is 6.52. The molecule has 0 atom stereocenters. The van der Waals surface area contributed by atoms with Gasteiger partial charge in [-0.2, -0.15) is 0 Å². The summed E-state index contributed by atoms with van der Waals surface area (Å²) >= 11 is 0. The number of carbonyl (C=O) groups excluding carboxylic acids is 1. The third kappa shape index (κ3) is 3.97. The lowest BCUT2D eigenvalue weighted by molar-refractivity contribution is -0.121. The standard InChI is InChI=1S/C18H21N5O4S/c1-12-5-6-14(9-13(12)2)19-18(24)11-27-23-17-10-15(28(25,26)22(3)4)7-8-16(17)20-21-23/h5-10H,11H2,1-4H3,(H,19,24). The van der Waals surface area contributed by atoms with E-state index in [1.807, 2.05) is 32.0 Å². The van der Waals surface area contributed by atoms with E-state index in [-0.39, 0.29) is 17.4 Å².